The topological polar surface area (TPSA) is 12.0 Å². The molecule has 2 rings (SSSR count). The minimum Gasteiger partial charge on any atom is -0.313 e. The second-order valence-corrected chi connectivity index (χ2v) is 5.64. The Balaban J connectivity index is 1.95. The van der Waals surface area contributed by atoms with Crippen molar-refractivity contribution < 1.29 is 0 Å². The van der Waals surface area contributed by atoms with Gasteiger partial charge in [-0.15, -0.1) is 0 Å². The first kappa shape index (κ1) is 12.6. The van der Waals surface area contributed by atoms with Gasteiger partial charge in [-0.25, -0.2) is 0 Å². The Labute approximate surface area is 106 Å². The van der Waals surface area contributed by atoms with Gasteiger partial charge in [-0.1, -0.05) is 51.1 Å². The van der Waals surface area contributed by atoms with E-state index in [1.807, 2.05) is 0 Å². The van der Waals surface area contributed by atoms with Gasteiger partial charge in [-0.05, 0) is 42.7 Å². The van der Waals surface area contributed by atoms with Crippen molar-refractivity contribution in [2.24, 2.45) is 11.8 Å². The molecule has 1 aliphatic rings. The van der Waals surface area contributed by atoms with E-state index in [4.69, 9.17) is 0 Å². The predicted octanol–water partition coefficient (Wildman–Crippen LogP) is 3.81. The molecule has 3 atom stereocenters. The lowest BCUT2D eigenvalue weighted by Gasteiger charge is -2.22. The first-order chi connectivity index (χ1) is 8.24. The van der Waals surface area contributed by atoms with Crippen molar-refractivity contribution in [1.29, 1.82) is 0 Å². The largest absolute Gasteiger partial charge is 0.313 e. The zero-order valence-corrected chi connectivity index (χ0v) is 11.3. The van der Waals surface area contributed by atoms with Crippen LogP contribution in [0.1, 0.15) is 45.1 Å². The number of rotatable bonds is 6. The molecule has 1 fully saturated rings. The standard InChI is InChI=1S/C16H25N/c1-4-10-17-16(12(2)3)15-11-14(15)13-8-6-5-7-9-13/h5-9,12,14-17H,4,10-11H2,1-3H3. The molecule has 0 bridgehead atoms. The van der Waals surface area contributed by atoms with Gasteiger partial charge >= 0.3 is 0 Å². The Morgan fingerprint density at radius 2 is 1.94 bits per heavy atom. The van der Waals surface area contributed by atoms with Crippen LogP contribution in [0.2, 0.25) is 0 Å². The molecule has 1 aromatic carbocycles. The van der Waals surface area contributed by atoms with E-state index in [1.165, 1.54) is 18.4 Å². The molecule has 0 radical (unpaired) electrons. The summed E-state index contributed by atoms with van der Waals surface area (Å²) in [4.78, 5) is 0. The van der Waals surface area contributed by atoms with Crippen LogP contribution in [0, 0.1) is 11.8 Å². The van der Waals surface area contributed by atoms with Crippen LogP contribution in [-0.2, 0) is 0 Å². The quantitative estimate of drug-likeness (QED) is 0.785. The van der Waals surface area contributed by atoms with Crippen LogP contribution >= 0.6 is 0 Å². The summed E-state index contributed by atoms with van der Waals surface area (Å²) in [5.41, 5.74) is 1.53. The zero-order chi connectivity index (χ0) is 12.3. The lowest BCUT2D eigenvalue weighted by Crippen LogP contribution is -2.36. The smallest absolute Gasteiger partial charge is 0.0124 e. The second-order valence-electron chi connectivity index (χ2n) is 5.64. The van der Waals surface area contributed by atoms with Crippen LogP contribution in [0.4, 0.5) is 0 Å². The molecule has 0 aliphatic heterocycles. The highest BCUT2D eigenvalue weighted by Gasteiger charge is 2.44. The van der Waals surface area contributed by atoms with Gasteiger partial charge in [0.15, 0.2) is 0 Å². The number of hydrogen-bond donors (Lipinski definition) is 1. The van der Waals surface area contributed by atoms with E-state index >= 15 is 0 Å². The second kappa shape index (κ2) is 5.68. The summed E-state index contributed by atoms with van der Waals surface area (Å²) < 4.78 is 0. The van der Waals surface area contributed by atoms with Gasteiger partial charge in [-0.2, -0.15) is 0 Å². The van der Waals surface area contributed by atoms with E-state index in [1.54, 1.807) is 0 Å². The maximum atomic E-state index is 3.73. The monoisotopic (exact) mass is 231 g/mol. The SMILES string of the molecule is CCCNC(C(C)C)C1CC1c1ccccc1. The Kier molecular flexibility index (Phi) is 4.22. The van der Waals surface area contributed by atoms with E-state index in [9.17, 15) is 0 Å². The Bertz CT molecular complexity index is 331. The van der Waals surface area contributed by atoms with Crippen LogP contribution in [-0.4, -0.2) is 12.6 Å². The fourth-order valence-corrected chi connectivity index (χ4v) is 2.89. The van der Waals surface area contributed by atoms with Crippen LogP contribution in [0.25, 0.3) is 0 Å². The van der Waals surface area contributed by atoms with E-state index < -0.39 is 0 Å². The molecule has 0 saturated heterocycles. The lowest BCUT2D eigenvalue weighted by atomic mass is 9.96. The van der Waals surface area contributed by atoms with Gasteiger partial charge in [0, 0.05) is 6.04 Å². The van der Waals surface area contributed by atoms with Gasteiger partial charge in [0.25, 0.3) is 0 Å². The molecule has 1 aliphatic carbocycles. The van der Waals surface area contributed by atoms with Crippen molar-refractivity contribution >= 4 is 0 Å². The van der Waals surface area contributed by atoms with Gasteiger partial charge in [-0.3, -0.25) is 0 Å². The molecular formula is C16H25N. The van der Waals surface area contributed by atoms with Crippen LogP contribution in [0.5, 0.6) is 0 Å². The van der Waals surface area contributed by atoms with Crippen molar-refractivity contribution in [3.8, 4) is 0 Å². The molecule has 0 spiro atoms. The van der Waals surface area contributed by atoms with E-state index in [-0.39, 0.29) is 0 Å². The fourth-order valence-electron chi connectivity index (χ4n) is 2.89. The molecule has 0 heterocycles. The third kappa shape index (κ3) is 3.10. The summed E-state index contributed by atoms with van der Waals surface area (Å²) in [5.74, 6) is 2.39. The van der Waals surface area contributed by atoms with Gasteiger partial charge in [0.05, 0.1) is 0 Å². The molecule has 1 N–H and O–H groups in total. The van der Waals surface area contributed by atoms with Gasteiger partial charge in [0.1, 0.15) is 0 Å². The molecule has 94 valence electrons. The Morgan fingerprint density at radius 1 is 1.24 bits per heavy atom. The van der Waals surface area contributed by atoms with Gasteiger partial charge in [0.2, 0.25) is 0 Å². The van der Waals surface area contributed by atoms with Crippen LogP contribution in [0.3, 0.4) is 0 Å². The van der Waals surface area contributed by atoms with Crippen molar-refractivity contribution in [3.63, 3.8) is 0 Å². The fraction of sp³-hybridized carbons (Fsp3) is 0.625. The van der Waals surface area contributed by atoms with Crippen molar-refractivity contribution in [2.75, 3.05) is 6.54 Å². The molecule has 17 heavy (non-hydrogen) atoms. The highest BCUT2D eigenvalue weighted by molar-refractivity contribution is 5.26. The van der Waals surface area contributed by atoms with Crippen molar-refractivity contribution in [1.82, 2.24) is 5.32 Å². The molecule has 3 unspecified atom stereocenters. The maximum absolute atomic E-state index is 3.73. The van der Waals surface area contributed by atoms with E-state index in [0.29, 0.717) is 6.04 Å². The third-order valence-corrected chi connectivity index (χ3v) is 3.88. The Hall–Kier alpha value is -0.820. The summed E-state index contributed by atoms with van der Waals surface area (Å²) in [6.07, 6.45) is 2.59. The first-order valence-electron chi connectivity index (χ1n) is 7.02. The summed E-state index contributed by atoms with van der Waals surface area (Å²) in [6.45, 7) is 8.08. The summed E-state index contributed by atoms with van der Waals surface area (Å²) in [5, 5.41) is 3.73. The predicted molar refractivity (Wildman–Crippen MR) is 74.2 cm³/mol. The summed E-state index contributed by atoms with van der Waals surface area (Å²) >= 11 is 0. The van der Waals surface area contributed by atoms with Crippen molar-refractivity contribution in [3.05, 3.63) is 35.9 Å². The van der Waals surface area contributed by atoms with Crippen LogP contribution in [0.15, 0.2) is 30.3 Å². The number of benzene rings is 1. The van der Waals surface area contributed by atoms with Gasteiger partial charge < -0.3 is 5.32 Å². The van der Waals surface area contributed by atoms with E-state index in [0.717, 1.165) is 24.3 Å². The maximum Gasteiger partial charge on any atom is 0.0124 e. The first-order valence-corrected chi connectivity index (χ1v) is 7.02. The highest BCUT2D eigenvalue weighted by atomic mass is 14.9. The average molecular weight is 231 g/mol. The van der Waals surface area contributed by atoms with Crippen molar-refractivity contribution in [2.45, 2.75) is 45.6 Å². The molecule has 1 nitrogen and oxygen atoms in total. The average Bonchev–Trinajstić information content (AvgIpc) is 3.10. The minimum atomic E-state index is 0.695. The molecule has 1 saturated carbocycles. The normalized spacial score (nSPS) is 24.9. The molecule has 1 heteroatoms. The zero-order valence-electron chi connectivity index (χ0n) is 11.3. The van der Waals surface area contributed by atoms with Crippen LogP contribution < -0.4 is 5.32 Å². The lowest BCUT2D eigenvalue weighted by molar-refractivity contribution is 0.357. The molecule has 1 aromatic rings. The Morgan fingerprint density at radius 3 is 2.53 bits per heavy atom. The summed E-state index contributed by atoms with van der Waals surface area (Å²) in [6, 6.07) is 11.7. The van der Waals surface area contributed by atoms with E-state index in [2.05, 4.69) is 56.4 Å². The number of hydrogen-bond acceptors (Lipinski definition) is 1. The summed E-state index contributed by atoms with van der Waals surface area (Å²) in [7, 11) is 0. The third-order valence-electron chi connectivity index (χ3n) is 3.88. The minimum absolute atomic E-state index is 0.695. The molecular weight excluding hydrogens is 206 g/mol. The molecule has 0 amide bonds. The highest BCUT2D eigenvalue weighted by Crippen LogP contribution is 2.50. The molecule has 0 aromatic heterocycles. The number of nitrogens with one attached hydrogen (secondary N) is 1.